The standard InChI is InChI=1S/C22H24N2O4S/c1-3-28-21(27)12-11-19(25)23-17-6-4-5-16(13-17)22-24(20(26)14-29-22)18-9-7-15(2)8-10-18/h4-10,13,22H,3,11-12,14H2,1-2H3,(H,23,25)/t22-/m1/s1. The van der Waals surface area contributed by atoms with Crippen LogP contribution in [0.5, 0.6) is 0 Å². The fourth-order valence-electron chi connectivity index (χ4n) is 3.10. The van der Waals surface area contributed by atoms with E-state index in [0.29, 0.717) is 18.0 Å². The molecule has 0 aliphatic carbocycles. The molecule has 0 bridgehead atoms. The van der Waals surface area contributed by atoms with E-state index in [0.717, 1.165) is 16.8 Å². The summed E-state index contributed by atoms with van der Waals surface area (Å²) in [6.07, 6.45) is 0.114. The van der Waals surface area contributed by atoms with Gasteiger partial charge in [0.2, 0.25) is 11.8 Å². The molecule has 1 aliphatic heterocycles. The third-order valence-electron chi connectivity index (χ3n) is 4.50. The van der Waals surface area contributed by atoms with Gasteiger partial charge in [-0.15, -0.1) is 11.8 Å². The third kappa shape index (κ3) is 5.38. The minimum atomic E-state index is -0.383. The van der Waals surface area contributed by atoms with Crippen LogP contribution in [-0.4, -0.2) is 30.1 Å². The van der Waals surface area contributed by atoms with E-state index < -0.39 is 0 Å². The van der Waals surface area contributed by atoms with Crippen LogP contribution < -0.4 is 10.2 Å². The number of carbonyl (C=O) groups is 3. The van der Waals surface area contributed by atoms with Crippen molar-refractivity contribution in [3.63, 3.8) is 0 Å². The molecule has 1 atom stereocenters. The van der Waals surface area contributed by atoms with Crippen LogP contribution >= 0.6 is 11.8 Å². The number of benzene rings is 2. The lowest BCUT2D eigenvalue weighted by Crippen LogP contribution is -2.27. The maximum Gasteiger partial charge on any atom is 0.306 e. The highest BCUT2D eigenvalue weighted by molar-refractivity contribution is 8.00. The predicted octanol–water partition coefficient (Wildman–Crippen LogP) is 4.06. The molecule has 2 aromatic carbocycles. The van der Waals surface area contributed by atoms with Gasteiger partial charge in [-0.1, -0.05) is 29.8 Å². The van der Waals surface area contributed by atoms with E-state index >= 15 is 0 Å². The van der Waals surface area contributed by atoms with Crippen LogP contribution in [0.3, 0.4) is 0 Å². The Hall–Kier alpha value is -2.80. The van der Waals surface area contributed by atoms with Crippen LogP contribution in [0.2, 0.25) is 0 Å². The second-order valence-electron chi connectivity index (χ2n) is 6.74. The van der Waals surface area contributed by atoms with E-state index in [1.807, 2.05) is 49.4 Å². The van der Waals surface area contributed by atoms with Crippen LogP contribution in [0, 0.1) is 6.92 Å². The predicted molar refractivity (Wildman–Crippen MR) is 115 cm³/mol. The molecule has 0 spiro atoms. The van der Waals surface area contributed by atoms with Crippen molar-refractivity contribution in [2.24, 2.45) is 0 Å². The summed E-state index contributed by atoms with van der Waals surface area (Å²) in [4.78, 5) is 37.8. The Morgan fingerprint density at radius 1 is 1.17 bits per heavy atom. The lowest BCUT2D eigenvalue weighted by atomic mass is 10.1. The van der Waals surface area contributed by atoms with Crippen molar-refractivity contribution in [1.82, 2.24) is 0 Å². The second kappa shape index (κ2) is 9.60. The van der Waals surface area contributed by atoms with E-state index in [-0.39, 0.29) is 36.0 Å². The van der Waals surface area contributed by atoms with Gasteiger partial charge in [0.25, 0.3) is 0 Å². The van der Waals surface area contributed by atoms with Crippen molar-refractivity contribution in [2.45, 2.75) is 32.1 Å². The van der Waals surface area contributed by atoms with E-state index in [9.17, 15) is 14.4 Å². The van der Waals surface area contributed by atoms with E-state index in [2.05, 4.69) is 5.32 Å². The first-order chi connectivity index (χ1) is 14.0. The minimum absolute atomic E-state index is 0.0492. The number of nitrogens with one attached hydrogen (secondary N) is 1. The van der Waals surface area contributed by atoms with Crippen molar-refractivity contribution < 1.29 is 19.1 Å². The smallest absolute Gasteiger partial charge is 0.306 e. The number of thioether (sulfide) groups is 1. The fourth-order valence-corrected chi connectivity index (χ4v) is 4.26. The molecule has 2 aromatic rings. The molecule has 1 N–H and O–H groups in total. The zero-order valence-electron chi connectivity index (χ0n) is 16.5. The van der Waals surface area contributed by atoms with Gasteiger partial charge in [-0.25, -0.2) is 0 Å². The van der Waals surface area contributed by atoms with Gasteiger partial charge in [0.05, 0.1) is 18.8 Å². The molecule has 6 nitrogen and oxygen atoms in total. The Balaban J connectivity index is 1.71. The van der Waals surface area contributed by atoms with Crippen LogP contribution in [0.25, 0.3) is 0 Å². The Bertz CT molecular complexity index is 898. The van der Waals surface area contributed by atoms with Crippen molar-refractivity contribution >= 4 is 40.9 Å². The number of esters is 1. The maximum atomic E-state index is 12.5. The highest BCUT2D eigenvalue weighted by Crippen LogP contribution is 2.42. The molecule has 29 heavy (non-hydrogen) atoms. The summed E-state index contributed by atoms with van der Waals surface area (Å²) < 4.78 is 4.84. The number of hydrogen-bond donors (Lipinski definition) is 1. The summed E-state index contributed by atoms with van der Waals surface area (Å²) in [5, 5.41) is 2.67. The van der Waals surface area contributed by atoms with Crippen molar-refractivity contribution in [2.75, 3.05) is 22.6 Å². The molecule has 0 unspecified atom stereocenters. The summed E-state index contributed by atoms with van der Waals surface area (Å²) in [5.74, 6) is -0.159. The first-order valence-corrected chi connectivity index (χ1v) is 10.6. The number of nitrogens with zero attached hydrogens (tertiary/aromatic N) is 1. The third-order valence-corrected chi connectivity index (χ3v) is 5.71. The van der Waals surface area contributed by atoms with Gasteiger partial charge in [0.15, 0.2) is 0 Å². The highest BCUT2D eigenvalue weighted by atomic mass is 32.2. The largest absolute Gasteiger partial charge is 0.466 e. The number of rotatable bonds is 7. The molecular formula is C22H24N2O4S. The first kappa shape index (κ1) is 20.9. The van der Waals surface area contributed by atoms with E-state index in [1.165, 1.54) is 0 Å². The monoisotopic (exact) mass is 412 g/mol. The molecule has 1 heterocycles. The van der Waals surface area contributed by atoms with Gasteiger partial charge in [0.1, 0.15) is 5.37 Å². The molecule has 0 radical (unpaired) electrons. The average Bonchev–Trinajstić information content (AvgIpc) is 3.09. The van der Waals surface area contributed by atoms with Crippen LogP contribution in [-0.2, 0) is 19.1 Å². The molecule has 1 fully saturated rings. The number of amides is 2. The first-order valence-electron chi connectivity index (χ1n) is 9.53. The minimum Gasteiger partial charge on any atom is -0.466 e. The number of aryl methyl sites for hydroxylation is 1. The normalized spacial score (nSPS) is 16.0. The van der Waals surface area contributed by atoms with Crippen LogP contribution in [0.15, 0.2) is 48.5 Å². The van der Waals surface area contributed by atoms with Gasteiger partial charge in [0, 0.05) is 17.8 Å². The second-order valence-corrected chi connectivity index (χ2v) is 7.81. The van der Waals surface area contributed by atoms with Gasteiger partial charge < -0.3 is 10.1 Å². The number of hydrogen-bond acceptors (Lipinski definition) is 5. The zero-order valence-corrected chi connectivity index (χ0v) is 17.3. The number of carbonyl (C=O) groups excluding carboxylic acids is 3. The van der Waals surface area contributed by atoms with Gasteiger partial charge in [-0.2, -0.15) is 0 Å². The zero-order chi connectivity index (χ0) is 20.8. The summed E-state index contributed by atoms with van der Waals surface area (Å²) in [7, 11) is 0. The topological polar surface area (TPSA) is 75.7 Å². The van der Waals surface area contributed by atoms with E-state index in [4.69, 9.17) is 4.74 Å². The van der Waals surface area contributed by atoms with Gasteiger partial charge in [-0.05, 0) is 43.7 Å². The Labute approximate surface area is 174 Å². The Morgan fingerprint density at radius 2 is 1.93 bits per heavy atom. The lowest BCUT2D eigenvalue weighted by Gasteiger charge is -2.25. The summed E-state index contributed by atoms with van der Waals surface area (Å²) in [6, 6.07) is 15.4. The molecule has 0 aromatic heterocycles. The van der Waals surface area contributed by atoms with Crippen LogP contribution in [0.1, 0.15) is 36.3 Å². The molecule has 152 valence electrons. The quantitative estimate of drug-likeness (QED) is 0.694. The number of anilines is 2. The molecular weight excluding hydrogens is 388 g/mol. The number of ether oxygens (including phenoxy) is 1. The molecule has 1 aliphatic rings. The van der Waals surface area contributed by atoms with Gasteiger partial charge >= 0.3 is 5.97 Å². The summed E-state index contributed by atoms with van der Waals surface area (Å²) in [5.41, 5.74) is 3.57. The summed E-state index contributed by atoms with van der Waals surface area (Å²) in [6.45, 7) is 4.04. The highest BCUT2D eigenvalue weighted by Gasteiger charge is 2.34. The lowest BCUT2D eigenvalue weighted by molar-refractivity contribution is -0.144. The molecule has 0 saturated carbocycles. The fraction of sp³-hybridized carbons (Fsp3) is 0.318. The van der Waals surface area contributed by atoms with Crippen molar-refractivity contribution in [3.05, 3.63) is 59.7 Å². The molecule has 1 saturated heterocycles. The van der Waals surface area contributed by atoms with Crippen LogP contribution in [0.4, 0.5) is 11.4 Å². The molecule has 2 amide bonds. The van der Waals surface area contributed by atoms with Crippen molar-refractivity contribution in [1.29, 1.82) is 0 Å². The Kier molecular flexibility index (Phi) is 6.93. The molecule has 7 heteroatoms. The van der Waals surface area contributed by atoms with Gasteiger partial charge in [-0.3, -0.25) is 19.3 Å². The molecule has 3 rings (SSSR count). The summed E-state index contributed by atoms with van der Waals surface area (Å²) >= 11 is 1.56. The van der Waals surface area contributed by atoms with Crippen molar-refractivity contribution in [3.8, 4) is 0 Å². The Morgan fingerprint density at radius 3 is 2.66 bits per heavy atom. The average molecular weight is 413 g/mol. The SMILES string of the molecule is CCOC(=O)CCC(=O)Nc1cccc([C@H]2SCC(=O)N2c2ccc(C)cc2)c1. The maximum absolute atomic E-state index is 12.5. The van der Waals surface area contributed by atoms with E-state index in [1.54, 1.807) is 29.7 Å².